The molecular weight excluding hydrogens is 320 g/mol. The van der Waals surface area contributed by atoms with Crippen LogP contribution in [0, 0.1) is 0 Å². The normalized spacial score (nSPS) is 9.95. The Morgan fingerprint density at radius 1 is 1.14 bits per heavy atom. The van der Waals surface area contributed by atoms with Gasteiger partial charge in [-0.2, -0.15) is 0 Å². The summed E-state index contributed by atoms with van der Waals surface area (Å²) >= 11 is 6.98. The first-order chi connectivity index (χ1) is 10.7. The summed E-state index contributed by atoms with van der Waals surface area (Å²) in [5, 5.41) is 8.83. The lowest BCUT2D eigenvalue weighted by Gasteiger charge is -2.15. The van der Waals surface area contributed by atoms with Gasteiger partial charge >= 0.3 is 0 Å². The fourth-order valence-electron chi connectivity index (χ4n) is 1.91. The van der Waals surface area contributed by atoms with Gasteiger partial charge in [-0.15, -0.1) is 11.3 Å². The van der Waals surface area contributed by atoms with Crippen molar-refractivity contribution in [1.29, 1.82) is 0 Å². The summed E-state index contributed by atoms with van der Waals surface area (Å²) in [5.41, 5.74) is 0.762. The maximum Gasteiger partial charge on any atom is 0.203 e. The van der Waals surface area contributed by atoms with Crippen molar-refractivity contribution in [3.8, 4) is 17.2 Å². The first-order valence-corrected chi connectivity index (χ1v) is 7.84. The van der Waals surface area contributed by atoms with Gasteiger partial charge in [-0.3, -0.25) is 0 Å². The number of benzene rings is 1. The second kappa shape index (κ2) is 7.86. The van der Waals surface area contributed by atoms with E-state index in [2.05, 4.69) is 16.7 Å². The number of ether oxygens (including phenoxy) is 3. The molecule has 5 nitrogen and oxygen atoms in total. The van der Waals surface area contributed by atoms with Gasteiger partial charge in [-0.1, -0.05) is 6.07 Å². The molecule has 0 aliphatic rings. The predicted octanol–water partition coefficient (Wildman–Crippen LogP) is 3.26. The number of thiocarbonyl (C=S) groups is 1. The molecule has 1 aromatic heterocycles. The molecule has 7 heteroatoms. The Balaban J connectivity index is 2.06. The molecule has 1 aromatic carbocycles. The maximum absolute atomic E-state index is 5.31. The van der Waals surface area contributed by atoms with Gasteiger partial charge in [-0.05, 0) is 23.7 Å². The summed E-state index contributed by atoms with van der Waals surface area (Å²) in [6.45, 7) is 0.688. The summed E-state index contributed by atoms with van der Waals surface area (Å²) in [5.74, 6) is 1.70. The number of thiophene rings is 1. The lowest BCUT2D eigenvalue weighted by atomic mass is 10.2. The van der Waals surface area contributed by atoms with Crippen molar-refractivity contribution >= 4 is 34.4 Å². The molecule has 2 N–H and O–H groups in total. The first kappa shape index (κ1) is 16.4. The van der Waals surface area contributed by atoms with E-state index < -0.39 is 0 Å². The molecule has 0 saturated heterocycles. The van der Waals surface area contributed by atoms with E-state index in [-0.39, 0.29) is 0 Å². The van der Waals surface area contributed by atoms with Gasteiger partial charge in [0.1, 0.15) is 0 Å². The van der Waals surface area contributed by atoms with Crippen molar-refractivity contribution in [2.24, 2.45) is 0 Å². The monoisotopic (exact) mass is 338 g/mol. The largest absolute Gasteiger partial charge is 0.493 e. The van der Waals surface area contributed by atoms with Crippen LogP contribution in [0.1, 0.15) is 4.88 Å². The molecule has 1 heterocycles. The Kier molecular flexibility index (Phi) is 5.85. The highest BCUT2D eigenvalue weighted by atomic mass is 32.1. The van der Waals surface area contributed by atoms with Gasteiger partial charge in [0, 0.05) is 22.7 Å². The summed E-state index contributed by atoms with van der Waals surface area (Å²) in [4.78, 5) is 1.22. The quantitative estimate of drug-likeness (QED) is 0.789. The Bertz CT molecular complexity index is 605. The van der Waals surface area contributed by atoms with Crippen LogP contribution < -0.4 is 24.8 Å². The topological polar surface area (TPSA) is 51.8 Å². The van der Waals surface area contributed by atoms with Crippen LogP contribution in [0.15, 0.2) is 29.6 Å². The van der Waals surface area contributed by atoms with Crippen LogP contribution in [0.3, 0.4) is 0 Å². The van der Waals surface area contributed by atoms with Gasteiger partial charge in [0.15, 0.2) is 16.6 Å². The highest BCUT2D eigenvalue weighted by molar-refractivity contribution is 7.80. The summed E-state index contributed by atoms with van der Waals surface area (Å²) in [6, 6.07) is 7.68. The van der Waals surface area contributed by atoms with Crippen LogP contribution in [0.5, 0.6) is 17.2 Å². The molecule has 0 saturated carbocycles. The molecular formula is C15H18N2O3S2. The molecule has 0 aliphatic carbocycles. The van der Waals surface area contributed by atoms with Gasteiger partial charge in [-0.25, -0.2) is 0 Å². The van der Waals surface area contributed by atoms with Gasteiger partial charge < -0.3 is 24.8 Å². The van der Waals surface area contributed by atoms with Crippen molar-refractivity contribution in [2.45, 2.75) is 6.54 Å². The predicted molar refractivity (Wildman–Crippen MR) is 93.5 cm³/mol. The van der Waals surface area contributed by atoms with Crippen LogP contribution in [-0.4, -0.2) is 26.4 Å². The zero-order valence-corrected chi connectivity index (χ0v) is 14.3. The molecule has 0 atom stereocenters. The van der Waals surface area contributed by atoms with Crippen LogP contribution in [0.25, 0.3) is 0 Å². The number of rotatable bonds is 6. The minimum atomic E-state index is 0.530. The summed E-state index contributed by atoms with van der Waals surface area (Å²) in [6.07, 6.45) is 0. The molecule has 118 valence electrons. The average Bonchev–Trinajstić information content (AvgIpc) is 3.05. The minimum Gasteiger partial charge on any atom is -0.493 e. The molecule has 0 amide bonds. The van der Waals surface area contributed by atoms with Crippen molar-refractivity contribution in [3.63, 3.8) is 0 Å². The Morgan fingerprint density at radius 3 is 2.32 bits per heavy atom. The van der Waals surface area contributed by atoms with E-state index in [1.54, 1.807) is 44.8 Å². The molecule has 22 heavy (non-hydrogen) atoms. The van der Waals surface area contributed by atoms with E-state index in [1.807, 2.05) is 11.4 Å². The lowest BCUT2D eigenvalue weighted by Crippen LogP contribution is -2.27. The molecule has 0 radical (unpaired) electrons. The van der Waals surface area contributed by atoms with E-state index in [4.69, 9.17) is 26.4 Å². The molecule has 0 aliphatic heterocycles. The maximum atomic E-state index is 5.31. The third-order valence-corrected chi connectivity index (χ3v) is 4.05. The third-order valence-electron chi connectivity index (χ3n) is 2.93. The van der Waals surface area contributed by atoms with Crippen LogP contribution in [0.4, 0.5) is 5.69 Å². The molecule has 0 fully saturated rings. The number of hydrogen-bond acceptors (Lipinski definition) is 5. The molecule has 2 aromatic rings. The Labute approximate surface area is 139 Å². The van der Waals surface area contributed by atoms with Crippen molar-refractivity contribution < 1.29 is 14.2 Å². The zero-order chi connectivity index (χ0) is 15.9. The van der Waals surface area contributed by atoms with Crippen LogP contribution >= 0.6 is 23.6 Å². The fourth-order valence-corrected chi connectivity index (χ4v) is 2.74. The third kappa shape index (κ3) is 4.02. The van der Waals surface area contributed by atoms with E-state index in [1.165, 1.54) is 4.88 Å². The van der Waals surface area contributed by atoms with E-state index in [9.17, 15) is 0 Å². The molecule has 2 rings (SSSR count). The smallest absolute Gasteiger partial charge is 0.203 e. The van der Waals surface area contributed by atoms with Gasteiger partial charge in [0.2, 0.25) is 5.75 Å². The second-order valence-corrected chi connectivity index (χ2v) is 5.74. The fraction of sp³-hybridized carbons (Fsp3) is 0.267. The lowest BCUT2D eigenvalue weighted by molar-refractivity contribution is 0.324. The average molecular weight is 338 g/mol. The van der Waals surface area contributed by atoms with Crippen molar-refractivity contribution in [2.75, 3.05) is 26.6 Å². The van der Waals surface area contributed by atoms with Crippen LogP contribution in [-0.2, 0) is 6.54 Å². The Morgan fingerprint density at radius 2 is 1.82 bits per heavy atom. The number of hydrogen-bond donors (Lipinski definition) is 2. The zero-order valence-electron chi connectivity index (χ0n) is 12.6. The van der Waals surface area contributed by atoms with Crippen molar-refractivity contribution in [1.82, 2.24) is 5.32 Å². The highest BCUT2D eigenvalue weighted by Gasteiger charge is 2.13. The highest BCUT2D eigenvalue weighted by Crippen LogP contribution is 2.39. The minimum absolute atomic E-state index is 0.530. The molecule has 0 unspecified atom stereocenters. The second-order valence-electron chi connectivity index (χ2n) is 4.30. The number of anilines is 1. The first-order valence-electron chi connectivity index (χ1n) is 6.55. The summed E-state index contributed by atoms with van der Waals surface area (Å²) in [7, 11) is 4.73. The molecule has 0 spiro atoms. The van der Waals surface area contributed by atoms with Gasteiger partial charge in [0.25, 0.3) is 0 Å². The van der Waals surface area contributed by atoms with E-state index in [0.717, 1.165) is 5.69 Å². The van der Waals surface area contributed by atoms with E-state index >= 15 is 0 Å². The van der Waals surface area contributed by atoms with Crippen molar-refractivity contribution in [3.05, 3.63) is 34.5 Å². The summed E-state index contributed by atoms with van der Waals surface area (Å²) < 4.78 is 15.9. The van der Waals surface area contributed by atoms with Gasteiger partial charge in [0.05, 0.1) is 27.9 Å². The van der Waals surface area contributed by atoms with Crippen LogP contribution in [0.2, 0.25) is 0 Å². The SMILES string of the molecule is COc1cc(NC(=S)NCc2cccs2)cc(OC)c1OC. The van der Waals surface area contributed by atoms with E-state index in [0.29, 0.717) is 28.9 Å². The number of nitrogens with one attached hydrogen (secondary N) is 2. The molecule has 0 bridgehead atoms. The number of methoxy groups -OCH3 is 3. The standard InChI is InChI=1S/C15H18N2O3S2/c1-18-12-7-10(8-13(19-2)14(12)20-3)17-15(21)16-9-11-5-4-6-22-11/h4-8H,9H2,1-3H3,(H2,16,17,21). The Hall–Kier alpha value is -1.99.